The Bertz CT molecular complexity index is 599. The zero-order valence-electron chi connectivity index (χ0n) is 9.86. The molecule has 0 saturated heterocycles. The van der Waals surface area contributed by atoms with Gasteiger partial charge in [0.1, 0.15) is 0 Å². The highest BCUT2D eigenvalue weighted by Gasteiger charge is 2.08. The molecule has 1 aromatic carbocycles. The van der Waals surface area contributed by atoms with Crippen molar-refractivity contribution in [1.82, 2.24) is 4.98 Å². The zero-order chi connectivity index (χ0) is 13.8. The molecule has 0 aliphatic rings. The minimum absolute atomic E-state index is 0.152. The van der Waals surface area contributed by atoms with Crippen molar-refractivity contribution in [2.24, 2.45) is 0 Å². The highest BCUT2D eigenvalue weighted by Crippen LogP contribution is 2.25. The average Bonchev–Trinajstić information content (AvgIpc) is 2.36. The third-order valence-electron chi connectivity index (χ3n) is 2.39. The number of hydrogen-bond acceptors (Lipinski definition) is 3. The van der Waals surface area contributed by atoms with E-state index in [-0.39, 0.29) is 12.3 Å². The smallest absolute Gasteiger partial charge is 0.230 e. The molecular weight excluding hydrogens is 285 g/mol. The van der Waals surface area contributed by atoms with Gasteiger partial charge in [0.15, 0.2) is 0 Å². The number of nitrogens with one attached hydrogen (secondary N) is 1. The van der Waals surface area contributed by atoms with Crippen LogP contribution >= 0.6 is 23.2 Å². The molecule has 0 saturated carbocycles. The van der Waals surface area contributed by atoms with Gasteiger partial charge in [0.2, 0.25) is 5.91 Å². The summed E-state index contributed by atoms with van der Waals surface area (Å²) < 4.78 is 0. The number of anilines is 2. The average molecular weight is 296 g/mol. The maximum Gasteiger partial charge on any atom is 0.230 e. The lowest BCUT2D eigenvalue weighted by atomic mass is 10.2. The van der Waals surface area contributed by atoms with Crippen LogP contribution in [0.2, 0.25) is 10.0 Å². The van der Waals surface area contributed by atoms with Gasteiger partial charge >= 0.3 is 0 Å². The quantitative estimate of drug-likeness (QED) is 0.914. The summed E-state index contributed by atoms with van der Waals surface area (Å²) in [6, 6.07) is 8.28. The van der Waals surface area contributed by atoms with Gasteiger partial charge in [0, 0.05) is 10.7 Å². The van der Waals surface area contributed by atoms with Gasteiger partial charge in [-0.2, -0.15) is 0 Å². The summed E-state index contributed by atoms with van der Waals surface area (Å²) in [4.78, 5) is 15.9. The molecule has 3 N–H and O–H groups in total. The van der Waals surface area contributed by atoms with Crippen LogP contribution in [0.1, 0.15) is 5.69 Å². The van der Waals surface area contributed by atoms with Crippen molar-refractivity contribution in [1.29, 1.82) is 0 Å². The molecule has 2 rings (SSSR count). The minimum Gasteiger partial charge on any atom is -0.397 e. The SMILES string of the molecule is Nc1ccc(CC(=O)Nc2ccc(Cl)cc2Cl)nc1. The van der Waals surface area contributed by atoms with Crippen molar-refractivity contribution in [2.75, 3.05) is 11.1 Å². The summed E-state index contributed by atoms with van der Waals surface area (Å²) in [6.45, 7) is 0. The molecule has 0 aliphatic heterocycles. The van der Waals surface area contributed by atoms with E-state index in [1.807, 2.05) is 0 Å². The first-order chi connectivity index (χ1) is 9.04. The zero-order valence-corrected chi connectivity index (χ0v) is 11.4. The number of carbonyl (C=O) groups excluding carboxylic acids is 1. The molecule has 19 heavy (non-hydrogen) atoms. The standard InChI is InChI=1S/C13H11Cl2N3O/c14-8-1-4-12(11(15)5-8)18-13(19)6-10-3-2-9(16)7-17-10/h1-5,7H,6,16H2,(H,18,19). The molecule has 1 aromatic heterocycles. The Morgan fingerprint density at radius 1 is 1.26 bits per heavy atom. The molecule has 1 heterocycles. The molecule has 0 unspecified atom stereocenters. The van der Waals surface area contributed by atoms with Crippen LogP contribution in [0.15, 0.2) is 36.5 Å². The Hall–Kier alpha value is -1.78. The van der Waals surface area contributed by atoms with E-state index < -0.39 is 0 Å². The minimum atomic E-state index is -0.207. The molecule has 6 heteroatoms. The molecule has 0 atom stereocenters. The van der Waals surface area contributed by atoms with E-state index in [1.54, 1.807) is 30.3 Å². The monoisotopic (exact) mass is 295 g/mol. The summed E-state index contributed by atoms with van der Waals surface area (Å²) in [5.41, 5.74) is 7.24. The van der Waals surface area contributed by atoms with Crippen LogP contribution < -0.4 is 11.1 Å². The van der Waals surface area contributed by atoms with Gasteiger partial charge in [0.05, 0.1) is 29.0 Å². The number of aromatic nitrogens is 1. The first-order valence-electron chi connectivity index (χ1n) is 5.50. The number of pyridine rings is 1. The third kappa shape index (κ3) is 3.84. The van der Waals surface area contributed by atoms with Crippen LogP contribution in [0.25, 0.3) is 0 Å². The molecule has 0 radical (unpaired) electrons. The van der Waals surface area contributed by atoms with Crippen molar-refractivity contribution in [2.45, 2.75) is 6.42 Å². The van der Waals surface area contributed by atoms with Gasteiger partial charge in [0.25, 0.3) is 0 Å². The van der Waals surface area contributed by atoms with Gasteiger partial charge in [-0.25, -0.2) is 0 Å². The van der Waals surface area contributed by atoms with E-state index in [1.165, 1.54) is 6.20 Å². The molecule has 0 bridgehead atoms. The van der Waals surface area contributed by atoms with Crippen LogP contribution in [0.4, 0.5) is 11.4 Å². The number of nitrogen functional groups attached to an aromatic ring is 1. The van der Waals surface area contributed by atoms with E-state index in [9.17, 15) is 4.79 Å². The van der Waals surface area contributed by atoms with E-state index in [0.717, 1.165) is 0 Å². The van der Waals surface area contributed by atoms with E-state index in [2.05, 4.69) is 10.3 Å². The second kappa shape index (κ2) is 5.91. The van der Waals surface area contributed by atoms with Crippen molar-refractivity contribution in [3.8, 4) is 0 Å². The van der Waals surface area contributed by atoms with E-state index >= 15 is 0 Å². The highest BCUT2D eigenvalue weighted by atomic mass is 35.5. The van der Waals surface area contributed by atoms with Gasteiger partial charge in [-0.3, -0.25) is 9.78 Å². The van der Waals surface area contributed by atoms with Crippen LogP contribution in [-0.4, -0.2) is 10.9 Å². The maximum absolute atomic E-state index is 11.8. The predicted molar refractivity (Wildman–Crippen MR) is 77.4 cm³/mol. The lowest BCUT2D eigenvalue weighted by Gasteiger charge is -2.07. The normalized spacial score (nSPS) is 10.2. The predicted octanol–water partition coefficient (Wildman–Crippen LogP) is 3.15. The first kappa shape index (κ1) is 13.6. The Balaban J connectivity index is 2.03. The number of halogens is 2. The number of nitrogens with two attached hydrogens (primary N) is 1. The number of amides is 1. The molecule has 0 spiro atoms. The van der Waals surface area contributed by atoms with Gasteiger partial charge in [-0.1, -0.05) is 23.2 Å². The van der Waals surface area contributed by atoms with Crippen LogP contribution in [0.5, 0.6) is 0 Å². The summed E-state index contributed by atoms with van der Waals surface area (Å²) >= 11 is 11.7. The van der Waals surface area contributed by atoms with Crippen LogP contribution in [0.3, 0.4) is 0 Å². The van der Waals surface area contributed by atoms with Gasteiger partial charge in [-0.15, -0.1) is 0 Å². The molecule has 0 fully saturated rings. The third-order valence-corrected chi connectivity index (χ3v) is 2.94. The molecule has 98 valence electrons. The van der Waals surface area contributed by atoms with Crippen molar-refractivity contribution >= 4 is 40.5 Å². The number of benzene rings is 1. The number of carbonyl (C=O) groups is 1. The Morgan fingerprint density at radius 3 is 2.68 bits per heavy atom. The topological polar surface area (TPSA) is 68.0 Å². The van der Waals surface area contributed by atoms with E-state index in [0.29, 0.717) is 27.1 Å². The second-order valence-electron chi connectivity index (χ2n) is 3.93. The summed E-state index contributed by atoms with van der Waals surface area (Å²) in [6.07, 6.45) is 1.66. The Morgan fingerprint density at radius 2 is 2.05 bits per heavy atom. The lowest BCUT2D eigenvalue weighted by Crippen LogP contribution is -2.15. The molecule has 0 aliphatic carbocycles. The maximum atomic E-state index is 11.8. The fourth-order valence-electron chi connectivity index (χ4n) is 1.49. The highest BCUT2D eigenvalue weighted by molar-refractivity contribution is 6.36. The Labute approximate surface area is 120 Å². The molecule has 1 amide bonds. The van der Waals surface area contributed by atoms with Crippen LogP contribution in [0, 0.1) is 0 Å². The van der Waals surface area contributed by atoms with Crippen LogP contribution in [-0.2, 0) is 11.2 Å². The summed E-state index contributed by atoms with van der Waals surface area (Å²) in [7, 11) is 0. The number of nitrogens with zero attached hydrogens (tertiary/aromatic N) is 1. The summed E-state index contributed by atoms with van der Waals surface area (Å²) in [5, 5.41) is 3.61. The van der Waals surface area contributed by atoms with Gasteiger partial charge in [-0.05, 0) is 30.3 Å². The van der Waals surface area contributed by atoms with Crippen molar-refractivity contribution in [3.63, 3.8) is 0 Å². The first-order valence-corrected chi connectivity index (χ1v) is 6.25. The number of hydrogen-bond donors (Lipinski definition) is 2. The number of rotatable bonds is 3. The fourth-order valence-corrected chi connectivity index (χ4v) is 1.95. The van der Waals surface area contributed by atoms with Crippen molar-refractivity contribution < 1.29 is 4.79 Å². The fraction of sp³-hybridized carbons (Fsp3) is 0.0769. The molecule has 2 aromatic rings. The molecule has 4 nitrogen and oxygen atoms in total. The second-order valence-corrected chi connectivity index (χ2v) is 4.78. The summed E-state index contributed by atoms with van der Waals surface area (Å²) in [5.74, 6) is -0.207. The molecular formula is C13H11Cl2N3O. The Kier molecular flexibility index (Phi) is 4.24. The lowest BCUT2D eigenvalue weighted by molar-refractivity contribution is -0.115. The van der Waals surface area contributed by atoms with E-state index in [4.69, 9.17) is 28.9 Å². The van der Waals surface area contributed by atoms with Crippen molar-refractivity contribution in [3.05, 3.63) is 52.3 Å². The van der Waals surface area contributed by atoms with Gasteiger partial charge < -0.3 is 11.1 Å². The largest absolute Gasteiger partial charge is 0.397 e.